The fourth-order valence-electron chi connectivity index (χ4n) is 1.69. The zero-order chi connectivity index (χ0) is 8.97. The SMILES string of the molecule is CC(=O)C1CCC(N=C=O)CC1. The number of Topliss-reactive ketones (excluding diaryl/α,β-unsaturated/α-hetero) is 1. The van der Waals surface area contributed by atoms with E-state index >= 15 is 0 Å². The van der Waals surface area contributed by atoms with Gasteiger partial charge in [-0.1, -0.05) is 0 Å². The second-order valence-corrected chi connectivity index (χ2v) is 3.34. The van der Waals surface area contributed by atoms with E-state index in [4.69, 9.17) is 0 Å². The molecular formula is C9H13NO2. The molecule has 0 heterocycles. The molecular weight excluding hydrogens is 154 g/mol. The predicted molar refractivity (Wildman–Crippen MR) is 44.5 cm³/mol. The van der Waals surface area contributed by atoms with Gasteiger partial charge in [0, 0.05) is 5.92 Å². The van der Waals surface area contributed by atoms with Crippen LogP contribution >= 0.6 is 0 Å². The molecule has 0 N–H and O–H groups in total. The summed E-state index contributed by atoms with van der Waals surface area (Å²) in [7, 11) is 0. The Labute approximate surface area is 71.9 Å². The molecule has 0 amide bonds. The van der Waals surface area contributed by atoms with E-state index in [9.17, 15) is 9.59 Å². The molecule has 3 heteroatoms. The molecule has 1 aliphatic carbocycles. The summed E-state index contributed by atoms with van der Waals surface area (Å²) in [6.45, 7) is 1.63. The second-order valence-electron chi connectivity index (χ2n) is 3.34. The minimum Gasteiger partial charge on any atom is -0.300 e. The van der Waals surface area contributed by atoms with E-state index in [1.54, 1.807) is 13.0 Å². The van der Waals surface area contributed by atoms with Gasteiger partial charge < -0.3 is 0 Å². The van der Waals surface area contributed by atoms with Crippen molar-refractivity contribution < 1.29 is 9.59 Å². The summed E-state index contributed by atoms with van der Waals surface area (Å²) in [5, 5.41) is 0. The Balaban J connectivity index is 2.39. The Morgan fingerprint density at radius 1 is 1.33 bits per heavy atom. The van der Waals surface area contributed by atoms with E-state index in [1.807, 2.05) is 0 Å². The lowest BCUT2D eigenvalue weighted by atomic mass is 9.84. The normalized spacial score (nSPS) is 29.1. The van der Waals surface area contributed by atoms with E-state index in [-0.39, 0.29) is 17.7 Å². The van der Waals surface area contributed by atoms with Gasteiger partial charge in [-0.2, -0.15) is 0 Å². The molecule has 0 atom stereocenters. The Hall–Kier alpha value is -0.950. The number of aliphatic imine (C=N–C) groups is 1. The topological polar surface area (TPSA) is 46.5 Å². The van der Waals surface area contributed by atoms with Gasteiger partial charge in [0.1, 0.15) is 5.78 Å². The average Bonchev–Trinajstić information content (AvgIpc) is 2.06. The molecule has 1 saturated carbocycles. The standard InChI is InChI=1S/C9H13NO2/c1-7(12)8-2-4-9(5-3-8)10-6-11/h8-9H,2-5H2,1H3. The van der Waals surface area contributed by atoms with Gasteiger partial charge in [-0.15, -0.1) is 0 Å². The first-order valence-electron chi connectivity index (χ1n) is 4.31. The van der Waals surface area contributed by atoms with Gasteiger partial charge in [-0.05, 0) is 32.6 Å². The highest BCUT2D eigenvalue weighted by Crippen LogP contribution is 2.26. The molecule has 0 saturated heterocycles. The van der Waals surface area contributed by atoms with E-state index in [2.05, 4.69) is 4.99 Å². The lowest BCUT2D eigenvalue weighted by Crippen LogP contribution is -2.21. The molecule has 3 nitrogen and oxygen atoms in total. The van der Waals surface area contributed by atoms with Crippen LogP contribution in [0, 0.1) is 5.92 Å². The summed E-state index contributed by atoms with van der Waals surface area (Å²) in [4.78, 5) is 24.5. The molecule has 0 radical (unpaired) electrons. The van der Waals surface area contributed by atoms with Gasteiger partial charge in [0.25, 0.3) is 0 Å². The lowest BCUT2D eigenvalue weighted by Gasteiger charge is -2.22. The molecule has 1 aliphatic rings. The van der Waals surface area contributed by atoms with Crippen molar-refractivity contribution >= 4 is 11.9 Å². The smallest absolute Gasteiger partial charge is 0.235 e. The van der Waals surface area contributed by atoms with Crippen LogP contribution in [0.3, 0.4) is 0 Å². The molecule has 1 fully saturated rings. The highest BCUT2D eigenvalue weighted by Gasteiger charge is 2.23. The summed E-state index contributed by atoms with van der Waals surface area (Å²) in [5.74, 6) is 0.478. The van der Waals surface area contributed by atoms with Crippen LogP contribution in [0.1, 0.15) is 32.6 Å². The van der Waals surface area contributed by atoms with Gasteiger partial charge in [-0.3, -0.25) is 4.79 Å². The first kappa shape index (κ1) is 9.14. The maximum atomic E-state index is 11.0. The van der Waals surface area contributed by atoms with Crippen molar-refractivity contribution in [3.8, 4) is 0 Å². The lowest BCUT2D eigenvalue weighted by molar-refractivity contribution is -0.121. The monoisotopic (exact) mass is 167 g/mol. The third kappa shape index (κ3) is 2.28. The van der Waals surface area contributed by atoms with E-state index in [0.717, 1.165) is 25.7 Å². The molecule has 0 spiro atoms. The summed E-state index contributed by atoms with van der Waals surface area (Å²) < 4.78 is 0. The van der Waals surface area contributed by atoms with Crippen LogP contribution in [0.15, 0.2) is 4.99 Å². The van der Waals surface area contributed by atoms with Gasteiger partial charge in [0.15, 0.2) is 0 Å². The van der Waals surface area contributed by atoms with Crippen molar-refractivity contribution in [2.24, 2.45) is 10.9 Å². The van der Waals surface area contributed by atoms with Gasteiger partial charge >= 0.3 is 0 Å². The first-order valence-corrected chi connectivity index (χ1v) is 4.31. The van der Waals surface area contributed by atoms with Crippen LogP contribution in [-0.2, 0) is 9.59 Å². The van der Waals surface area contributed by atoms with Gasteiger partial charge in [0.05, 0.1) is 6.04 Å². The number of isocyanates is 1. The van der Waals surface area contributed by atoms with Crippen LogP contribution in [0.5, 0.6) is 0 Å². The van der Waals surface area contributed by atoms with Gasteiger partial charge in [-0.25, -0.2) is 9.79 Å². The number of rotatable bonds is 2. The summed E-state index contributed by atoms with van der Waals surface area (Å²) in [6.07, 6.45) is 5.05. The highest BCUT2D eigenvalue weighted by atomic mass is 16.1. The van der Waals surface area contributed by atoms with Crippen molar-refractivity contribution in [2.75, 3.05) is 0 Å². The van der Waals surface area contributed by atoms with Crippen LogP contribution in [0.4, 0.5) is 0 Å². The minimum atomic E-state index is 0.123. The van der Waals surface area contributed by atoms with Gasteiger partial charge in [0.2, 0.25) is 6.08 Å². The van der Waals surface area contributed by atoms with E-state index in [0.29, 0.717) is 0 Å². The number of nitrogens with zero attached hydrogens (tertiary/aromatic N) is 1. The summed E-state index contributed by atoms with van der Waals surface area (Å²) >= 11 is 0. The highest BCUT2D eigenvalue weighted by molar-refractivity contribution is 5.78. The summed E-state index contributed by atoms with van der Waals surface area (Å²) in [5.41, 5.74) is 0. The van der Waals surface area contributed by atoms with Crippen molar-refractivity contribution in [3.63, 3.8) is 0 Å². The number of hydrogen-bond acceptors (Lipinski definition) is 3. The Morgan fingerprint density at radius 3 is 2.33 bits per heavy atom. The van der Waals surface area contributed by atoms with E-state index < -0.39 is 0 Å². The van der Waals surface area contributed by atoms with Crippen molar-refractivity contribution in [1.82, 2.24) is 0 Å². The first-order chi connectivity index (χ1) is 5.74. The zero-order valence-electron chi connectivity index (χ0n) is 7.25. The zero-order valence-corrected chi connectivity index (χ0v) is 7.25. The Kier molecular flexibility index (Phi) is 3.18. The minimum absolute atomic E-state index is 0.123. The maximum absolute atomic E-state index is 11.0. The quantitative estimate of drug-likeness (QED) is 0.462. The fraction of sp³-hybridized carbons (Fsp3) is 0.778. The predicted octanol–water partition coefficient (Wildman–Crippen LogP) is 1.47. The van der Waals surface area contributed by atoms with Crippen LogP contribution in [0.2, 0.25) is 0 Å². The molecule has 0 aliphatic heterocycles. The molecule has 12 heavy (non-hydrogen) atoms. The fourth-order valence-corrected chi connectivity index (χ4v) is 1.69. The molecule has 1 rings (SSSR count). The molecule has 0 aromatic rings. The molecule has 0 bridgehead atoms. The molecule has 0 aromatic heterocycles. The number of carbonyl (C=O) groups is 1. The molecule has 0 aromatic carbocycles. The largest absolute Gasteiger partial charge is 0.300 e. The average molecular weight is 167 g/mol. The maximum Gasteiger partial charge on any atom is 0.235 e. The number of carbonyl (C=O) groups excluding carboxylic acids is 2. The third-order valence-electron chi connectivity index (χ3n) is 2.51. The van der Waals surface area contributed by atoms with Crippen molar-refractivity contribution in [1.29, 1.82) is 0 Å². The molecule has 0 unspecified atom stereocenters. The third-order valence-corrected chi connectivity index (χ3v) is 2.51. The Bertz CT molecular complexity index is 201. The Morgan fingerprint density at radius 2 is 1.92 bits per heavy atom. The summed E-state index contributed by atoms with van der Waals surface area (Å²) in [6, 6.07) is 0.123. The van der Waals surface area contributed by atoms with Crippen LogP contribution in [-0.4, -0.2) is 17.9 Å². The van der Waals surface area contributed by atoms with E-state index in [1.165, 1.54) is 0 Å². The van der Waals surface area contributed by atoms with Crippen LogP contribution in [0.25, 0.3) is 0 Å². The van der Waals surface area contributed by atoms with Crippen molar-refractivity contribution in [3.05, 3.63) is 0 Å². The number of hydrogen-bond donors (Lipinski definition) is 0. The number of ketones is 1. The molecule has 66 valence electrons. The second kappa shape index (κ2) is 4.17. The van der Waals surface area contributed by atoms with Crippen LogP contribution < -0.4 is 0 Å². The van der Waals surface area contributed by atoms with Crippen molar-refractivity contribution in [2.45, 2.75) is 38.6 Å².